The first-order chi connectivity index (χ1) is 18.6. The van der Waals surface area contributed by atoms with E-state index in [2.05, 4.69) is 46.2 Å². The van der Waals surface area contributed by atoms with Crippen LogP contribution < -0.4 is 24.7 Å². The van der Waals surface area contributed by atoms with Gasteiger partial charge in [-0.3, -0.25) is 0 Å². The summed E-state index contributed by atoms with van der Waals surface area (Å²) in [6.07, 6.45) is 6.27. The van der Waals surface area contributed by atoms with Crippen molar-refractivity contribution >= 4 is 40.0 Å². The predicted octanol–water partition coefficient (Wildman–Crippen LogP) is 5.40. The summed E-state index contributed by atoms with van der Waals surface area (Å²) in [5.41, 5.74) is 4.65. The molecule has 3 heterocycles. The molecule has 11 heteroatoms. The number of aromatic nitrogens is 3. The van der Waals surface area contributed by atoms with E-state index in [0.717, 1.165) is 67.5 Å². The molecule has 1 N–H and O–H groups in total. The smallest absolute Gasteiger partial charge is 0.250 e. The van der Waals surface area contributed by atoms with Gasteiger partial charge in [0.1, 0.15) is 12.4 Å². The zero-order chi connectivity index (χ0) is 26.3. The fourth-order valence-electron chi connectivity index (χ4n) is 4.49. The summed E-state index contributed by atoms with van der Waals surface area (Å²) in [6, 6.07) is 9.98. The van der Waals surface area contributed by atoms with Gasteiger partial charge in [-0.25, -0.2) is 9.82 Å². The molecule has 2 fully saturated rings. The van der Waals surface area contributed by atoms with Crippen LogP contribution in [-0.2, 0) is 6.61 Å². The lowest BCUT2D eigenvalue weighted by atomic mass is 10.2. The largest absolute Gasteiger partial charge is 0.490 e. The quantitative estimate of drug-likeness (QED) is 0.251. The summed E-state index contributed by atoms with van der Waals surface area (Å²) < 4.78 is 25.8. The van der Waals surface area contributed by atoms with Crippen LogP contribution >= 0.6 is 15.9 Å². The molecule has 0 bridgehead atoms. The van der Waals surface area contributed by atoms with E-state index in [4.69, 9.17) is 14.5 Å². The number of anilines is 3. The van der Waals surface area contributed by atoms with Gasteiger partial charge < -0.3 is 19.3 Å². The number of rotatable bonds is 10. The molecule has 200 valence electrons. The standard InChI is InChI=1S/C27H31BrFN7O2/c1-2-37-23-16-20(15-22(28)24(23)38-18-19-7-9-21(29)10-8-19)17-30-34-25-31-26(35-11-3-4-12-35)33-27(32-25)36-13-5-6-14-36/h7-10,15-17H,2-6,11-14,18H2,1H3,(H,31,32,33,34)/b30-17+. The van der Waals surface area contributed by atoms with Gasteiger partial charge >= 0.3 is 0 Å². The van der Waals surface area contributed by atoms with Gasteiger partial charge in [0.2, 0.25) is 17.8 Å². The Hall–Kier alpha value is -3.47. The van der Waals surface area contributed by atoms with E-state index in [1.54, 1.807) is 18.3 Å². The molecule has 2 saturated heterocycles. The fraction of sp³-hybridized carbons (Fsp3) is 0.407. The highest BCUT2D eigenvalue weighted by atomic mass is 79.9. The Morgan fingerprint density at radius 1 is 0.947 bits per heavy atom. The Morgan fingerprint density at radius 3 is 2.18 bits per heavy atom. The Kier molecular flexibility index (Phi) is 8.52. The minimum absolute atomic E-state index is 0.279. The zero-order valence-corrected chi connectivity index (χ0v) is 23.0. The van der Waals surface area contributed by atoms with E-state index in [9.17, 15) is 4.39 Å². The molecule has 9 nitrogen and oxygen atoms in total. The second-order valence-electron chi connectivity index (χ2n) is 9.20. The molecule has 1 aromatic heterocycles. The van der Waals surface area contributed by atoms with E-state index in [1.165, 1.54) is 12.1 Å². The molecule has 0 unspecified atom stereocenters. The molecule has 2 aliphatic heterocycles. The Morgan fingerprint density at radius 2 is 1.58 bits per heavy atom. The van der Waals surface area contributed by atoms with Crippen molar-refractivity contribution in [2.75, 3.05) is 48.0 Å². The van der Waals surface area contributed by atoms with Gasteiger partial charge in [-0.1, -0.05) is 12.1 Å². The first kappa shape index (κ1) is 26.1. The molecule has 2 aliphatic rings. The number of hydrogen-bond donors (Lipinski definition) is 1. The summed E-state index contributed by atoms with van der Waals surface area (Å²) >= 11 is 3.59. The highest BCUT2D eigenvalue weighted by molar-refractivity contribution is 9.10. The lowest BCUT2D eigenvalue weighted by molar-refractivity contribution is 0.267. The van der Waals surface area contributed by atoms with Crippen molar-refractivity contribution in [3.05, 3.63) is 57.8 Å². The molecule has 0 amide bonds. The van der Waals surface area contributed by atoms with Gasteiger partial charge in [0.25, 0.3) is 0 Å². The Labute approximate surface area is 230 Å². The molecule has 0 radical (unpaired) electrons. The van der Waals surface area contributed by atoms with Crippen molar-refractivity contribution in [1.29, 1.82) is 0 Å². The molecule has 0 atom stereocenters. The van der Waals surface area contributed by atoms with E-state index in [0.29, 0.717) is 36.0 Å². The molecular formula is C27H31BrFN7O2. The van der Waals surface area contributed by atoms with Gasteiger partial charge in [0.05, 0.1) is 17.3 Å². The Balaban J connectivity index is 1.32. The van der Waals surface area contributed by atoms with Crippen molar-refractivity contribution in [3.63, 3.8) is 0 Å². The van der Waals surface area contributed by atoms with Crippen LogP contribution in [0.25, 0.3) is 0 Å². The summed E-state index contributed by atoms with van der Waals surface area (Å²) in [6.45, 7) is 6.49. The first-order valence-electron chi connectivity index (χ1n) is 13.0. The predicted molar refractivity (Wildman–Crippen MR) is 150 cm³/mol. The third kappa shape index (κ3) is 6.50. The number of benzene rings is 2. The molecular weight excluding hydrogens is 553 g/mol. The molecule has 0 aliphatic carbocycles. The van der Waals surface area contributed by atoms with Gasteiger partial charge in [-0.2, -0.15) is 20.1 Å². The van der Waals surface area contributed by atoms with Crippen LogP contribution in [0.5, 0.6) is 11.5 Å². The monoisotopic (exact) mass is 583 g/mol. The lowest BCUT2D eigenvalue weighted by Crippen LogP contribution is -2.25. The maximum Gasteiger partial charge on any atom is 0.250 e. The molecule has 0 spiro atoms. The van der Waals surface area contributed by atoms with Gasteiger partial charge in [0, 0.05) is 26.2 Å². The molecule has 0 saturated carbocycles. The van der Waals surface area contributed by atoms with Crippen molar-refractivity contribution in [3.8, 4) is 11.5 Å². The lowest BCUT2D eigenvalue weighted by Gasteiger charge is -2.20. The van der Waals surface area contributed by atoms with E-state index >= 15 is 0 Å². The molecule has 3 aromatic rings. The van der Waals surface area contributed by atoms with E-state index in [1.807, 2.05) is 19.1 Å². The minimum Gasteiger partial charge on any atom is -0.490 e. The van der Waals surface area contributed by atoms with Crippen molar-refractivity contribution in [2.24, 2.45) is 5.10 Å². The van der Waals surface area contributed by atoms with Gasteiger partial charge in [0.15, 0.2) is 11.5 Å². The average Bonchev–Trinajstić information content (AvgIpc) is 3.65. The number of ether oxygens (including phenoxy) is 2. The molecule has 38 heavy (non-hydrogen) atoms. The minimum atomic E-state index is -0.279. The topological polar surface area (TPSA) is 88.0 Å². The van der Waals surface area contributed by atoms with Crippen molar-refractivity contribution in [1.82, 2.24) is 15.0 Å². The van der Waals surface area contributed by atoms with Gasteiger partial charge in [-0.05, 0) is 83.9 Å². The second kappa shape index (κ2) is 12.4. The highest BCUT2D eigenvalue weighted by Gasteiger charge is 2.21. The van der Waals surface area contributed by atoms with Crippen LogP contribution in [0.4, 0.5) is 22.2 Å². The zero-order valence-electron chi connectivity index (χ0n) is 21.4. The van der Waals surface area contributed by atoms with Crippen LogP contribution in [-0.4, -0.2) is 54.0 Å². The maximum absolute atomic E-state index is 13.2. The van der Waals surface area contributed by atoms with Crippen LogP contribution in [0.2, 0.25) is 0 Å². The van der Waals surface area contributed by atoms with Crippen LogP contribution in [0, 0.1) is 5.82 Å². The number of hydrazone groups is 1. The average molecular weight is 584 g/mol. The van der Waals surface area contributed by atoms with Crippen LogP contribution in [0.15, 0.2) is 46.0 Å². The summed E-state index contributed by atoms with van der Waals surface area (Å²) in [7, 11) is 0. The fourth-order valence-corrected chi connectivity index (χ4v) is 5.06. The van der Waals surface area contributed by atoms with Crippen molar-refractivity contribution < 1.29 is 13.9 Å². The number of halogens is 2. The Bertz CT molecular complexity index is 1230. The summed E-state index contributed by atoms with van der Waals surface area (Å²) in [5, 5.41) is 4.40. The van der Waals surface area contributed by atoms with Crippen molar-refractivity contribution in [2.45, 2.75) is 39.2 Å². The normalized spacial score (nSPS) is 15.4. The first-order valence-corrected chi connectivity index (χ1v) is 13.8. The number of nitrogens with zero attached hydrogens (tertiary/aromatic N) is 6. The van der Waals surface area contributed by atoms with E-state index < -0.39 is 0 Å². The molecule has 2 aromatic carbocycles. The second-order valence-corrected chi connectivity index (χ2v) is 10.0. The third-order valence-corrected chi connectivity index (χ3v) is 6.98. The molecule has 5 rings (SSSR count). The summed E-state index contributed by atoms with van der Waals surface area (Å²) in [5.74, 6) is 2.69. The third-order valence-electron chi connectivity index (χ3n) is 6.40. The highest BCUT2D eigenvalue weighted by Crippen LogP contribution is 2.37. The van der Waals surface area contributed by atoms with Crippen LogP contribution in [0.3, 0.4) is 0 Å². The summed E-state index contributed by atoms with van der Waals surface area (Å²) in [4.78, 5) is 18.4. The number of nitrogens with one attached hydrogen (secondary N) is 1. The number of hydrogen-bond acceptors (Lipinski definition) is 9. The SMILES string of the molecule is CCOc1cc(/C=N/Nc2nc(N3CCCC3)nc(N3CCCC3)n2)cc(Br)c1OCc1ccc(F)cc1. The maximum atomic E-state index is 13.2. The van der Waals surface area contributed by atoms with E-state index in [-0.39, 0.29) is 12.4 Å². The van der Waals surface area contributed by atoms with Gasteiger partial charge in [-0.15, -0.1) is 0 Å². The van der Waals surface area contributed by atoms with Crippen LogP contribution in [0.1, 0.15) is 43.7 Å².